The first-order valence-corrected chi connectivity index (χ1v) is 3.28. The van der Waals surface area contributed by atoms with E-state index < -0.39 is 34.0 Å². The van der Waals surface area contributed by atoms with Crippen molar-refractivity contribution in [3.8, 4) is 0 Å². The second-order valence-corrected chi connectivity index (χ2v) is 2.29. The molecule has 0 saturated carbocycles. The standard InChI is InChI=1S/C6H3F3N2O3/c7-3-4(12)2(5(8)9)1-10-6(3)11(13)14/h1,5H,(H,10,12). The van der Waals surface area contributed by atoms with Gasteiger partial charge in [0.05, 0.1) is 0 Å². The maximum Gasteiger partial charge on any atom is 0.360 e. The molecular formula is C6H3F3N2O3. The highest BCUT2D eigenvalue weighted by atomic mass is 19.3. The molecule has 0 bridgehead atoms. The van der Waals surface area contributed by atoms with Gasteiger partial charge in [-0.15, -0.1) is 0 Å². The van der Waals surface area contributed by atoms with Crippen molar-refractivity contribution < 1.29 is 18.1 Å². The van der Waals surface area contributed by atoms with Crippen LogP contribution < -0.4 is 5.43 Å². The first-order valence-electron chi connectivity index (χ1n) is 3.28. The molecule has 1 rings (SSSR count). The summed E-state index contributed by atoms with van der Waals surface area (Å²) in [5.74, 6) is -3.03. The normalized spacial score (nSPS) is 10.6. The fourth-order valence-corrected chi connectivity index (χ4v) is 0.804. The van der Waals surface area contributed by atoms with Crippen LogP contribution in [0.1, 0.15) is 12.0 Å². The van der Waals surface area contributed by atoms with E-state index >= 15 is 0 Å². The first kappa shape index (κ1) is 10.2. The number of H-pyrrole nitrogens is 1. The summed E-state index contributed by atoms with van der Waals surface area (Å²) in [6, 6.07) is 0. The highest BCUT2D eigenvalue weighted by molar-refractivity contribution is 5.26. The number of hydrogen-bond donors (Lipinski definition) is 1. The maximum absolute atomic E-state index is 12.8. The minimum absolute atomic E-state index is 0.425. The lowest BCUT2D eigenvalue weighted by atomic mass is 10.2. The average Bonchev–Trinajstić information content (AvgIpc) is 2.08. The van der Waals surface area contributed by atoms with Gasteiger partial charge in [-0.2, -0.15) is 4.39 Å². The molecule has 1 heterocycles. The molecule has 1 N–H and O–H groups in total. The lowest BCUT2D eigenvalue weighted by Gasteiger charge is -1.98. The highest BCUT2D eigenvalue weighted by Gasteiger charge is 2.23. The van der Waals surface area contributed by atoms with Crippen molar-refractivity contribution >= 4 is 5.82 Å². The Labute approximate surface area is 74.3 Å². The minimum Gasteiger partial charge on any atom is -0.358 e. The molecule has 1 aromatic rings. The molecule has 0 atom stereocenters. The van der Waals surface area contributed by atoms with Crippen molar-refractivity contribution in [1.82, 2.24) is 4.98 Å². The molecule has 1 aromatic heterocycles. The number of pyridine rings is 1. The summed E-state index contributed by atoms with van der Waals surface area (Å²) in [6.07, 6.45) is -2.75. The third-order valence-corrected chi connectivity index (χ3v) is 1.45. The van der Waals surface area contributed by atoms with Crippen molar-refractivity contribution in [2.75, 3.05) is 0 Å². The number of hydrogen-bond acceptors (Lipinski definition) is 3. The van der Waals surface area contributed by atoms with Crippen LogP contribution in [-0.2, 0) is 0 Å². The Morgan fingerprint density at radius 1 is 1.50 bits per heavy atom. The average molecular weight is 208 g/mol. The molecule has 0 saturated heterocycles. The molecule has 76 valence electrons. The number of nitrogens with one attached hydrogen (secondary N) is 1. The van der Waals surface area contributed by atoms with Crippen LogP contribution in [0.3, 0.4) is 0 Å². The number of alkyl halides is 2. The molecule has 0 aliphatic rings. The molecule has 0 aliphatic carbocycles. The van der Waals surface area contributed by atoms with Crippen LogP contribution in [0.25, 0.3) is 0 Å². The first-order chi connectivity index (χ1) is 6.45. The van der Waals surface area contributed by atoms with Crippen LogP contribution in [0.15, 0.2) is 11.0 Å². The molecule has 0 amide bonds. The number of aromatic amines is 1. The number of aromatic nitrogens is 1. The number of nitro groups is 1. The lowest BCUT2D eigenvalue weighted by molar-refractivity contribution is -0.392. The van der Waals surface area contributed by atoms with Gasteiger partial charge in [-0.1, -0.05) is 0 Å². The summed E-state index contributed by atoms with van der Waals surface area (Å²) in [4.78, 5) is 21.3. The van der Waals surface area contributed by atoms with Gasteiger partial charge in [0.1, 0.15) is 11.8 Å². The highest BCUT2D eigenvalue weighted by Crippen LogP contribution is 2.17. The zero-order chi connectivity index (χ0) is 10.9. The Hall–Kier alpha value is -1.86. The molecular weight excluding hydrogens is 205 g/mol. The smallest absolute Gasteiger partial charge is 0.358 e. The van der Waals surface area contributed by atoms with Gasteiger partial charge in [-0.3, -0.25) is 4.79 Å². The van der Waals surface area contributed by atoms with Gasteiger partial charge in [0.15, 0.2) is 0 Å². The van der Waals surface area contributed by atoms with Crippen molar-refractivity contribution in [1.29, 1.82) is 0 Å². The third kappa shape index (κ3) is 1.58. The summed E-state index contributed by atoms with van der Waals surface area (Å²) in [5.41, 5.74) is -2.79. The fourth-order valence-electron chi connectivity index (χ4n) is 0.804. The number of nitrogens with zero attached hydrogens (tertiary/aromatic N) is 1. The van der Waals surface area contributed by atoms with Gasteiger partial charge < -0.3 is 10.1 Å². The van der Waals surface area contributed by atoms with Crippen LogP contribution >= 0.6 is 0 Å². The molecule has 0 radical (unpaired) electrons. The van der Waals surface area contributed by atoms with Gasteiger partial charge in [0, 0.05) is 0 Å². The van der Waals surface area contributed by atoms with Crippen LogP contribution in [0, 0.1) is 15.9 Å². The fraction of sp³-hybridized carbons (Fsp3) is 0.167. The Bertz CT molecular complexity index is 429. The Balaban J connectivity index is 3.42. The largest absolute Gasteiger partial charge is 0.360 e. The summed E-state index contributed by atoms with van der Waals surface area (Å²) in [6.45, 7) is 0. The van der Waals surface area contributed by atoms with E-state index in [0.717, 1.165) is 0 Å². The van der Waals surface area contributed by atoms with E-state index in [1.54, 1.807) is 4.98 Å². The summed E-state index contributed by atoms with van der Waals surface area (Å²) in [5, 5.41) is 10.1. The van der Waals surface area contributed by atoms with Crippen LogP contribution in [0.2, 0.25) is 0 Å². The van der Waals surface area contributed by atoms with E-state index in [9.17, 15) is 28.1 Å². The minimum atomic E-state index is -3.17. The van der Waals surface area contributed by atoms with Crippen molar-refractivity contribution in [2.45, 2.75) is 6.43 Å². The molecule has 0 aliphatic heterocycles. The molecule has 0 fully saturated rings. The molecule has 8 heteroatoms. The van der Waals surface area contributed by atoms with Gasteiger partial charge >= 0.3 is 5.82 Å². The van der Waals surface area contributed by atoms with Crippen LogP contribution in [0.5, 0.6) is 0 Å². The molecule has 5 nitrogen and oxygen atoms in total. The van der Waals surface area contributed by atoms with E-state index in [1.165, 1.54) is 0 Å². The predicted molar refractivity (Wildman–Crippen MR) is 38.6 cm³/mol. The van der Waals surface area contributed by atoms with Crippen LogP contribution in [-0.4, -0.2) is 9.91 Å². The van der Waals surface area contributed by atoms with E-state index in [2.05, 4.69) is 0 Å². The van der Waals surface area contributed by atoms with Gasteiger partial charge in [0.25, 0.3) is 12.2 Å². The van der Waals surface area contributed by atoms with Crippen molar-refractivity contribution in [3.63, 3.8) is 0 Å². The van der Waals surface area contributed by atoms with Crippen molar-refractivity contribution in [3.05, 3.63) is 37.9 Å². The summed E-state index contributed by atoms with van der Waals surface area (Å²) in [7, 11) is 0. The summed E-state index contributed by atoms with van der Waals surface area (Å²) < 4.78 is 36.7. The maximum atomic E-state index is 12.8. The number of rotatable bonds is 2. The summed E-state index contributed by atoms with van der Waals surface area (Å²) >= 11 is 0. The zero-order valence-electron chi connectivity index (χ0n) is 6.46. The van der Waals surface area contributed by atoms with E-state index in [0.29, 0.717) is 6.20 Å². The van der Waals surface area contributed by atoms with Crippen LogP contribution in [0.4, 0.5) is 19.0 Å². The Kier molecular flexibility index (Phi) is 2.54. The van der Waals surface area contributed by atoms with Gasteiger partial charge in [-0.05, 0) is 4.92 Å². The van der Waals surface area contributed by atoms with E-state index in [-0.39, 0.29) is 0 Å². The van der Waals surface area contributed by atoms with Gasteiger partial charge in [-0.25, -0.2) is 13.8 Å². The predicted octanol–water partition coefficient (Wildman–Crippen LogP) is 1.36. The van der Waals surface area contributed by atoms with Gasteiger partial charge in [0.2, 0.25) is 5.43 Å². The SMILES string of the molecule is O=c1c(C(F)F)c[nH]c([N+](=O)[O-])c1F. The monoisotopic (exact) mass is 208 g/mol. The molecule has 14 heavy (non-hydrogen) atoms. The van der Waals surface area contributed by atoms with Crippen molar-refractivity contribution in [2.24, 2.45) is 0 Å². The molecule has 0 spiro atoms. The second-order valence-electron chi connectivity index (χ2n) is 2.29. The second kappa shape index (κ2) is 3.48. The molecule has 0 unspecified atom stereocenters. The lowest BCUT2D eigenvalue weighted by Crippen LogP contribution is -2.16. The third-order valence-electron chi connectivity index (χ3n) is 1.45. The quantitative estimate of drug-likeness (QED) is 0.588. The Morgan fingerprint density at radius 3 is 2.50 bits per heavy atom. The number of halogens is 3. The Morgan fingerprint density at radius 2 is 2.07 bits per heavy atom. The topological polar surface area (TPSA) is 76.0 Å². The zero-order valence-corrected chi connectivity index (χ0v) is 6.46. The van der Waals surface area contributed by atoms with E-state index in [4.69, 9.17) is 0 Å². The molecule has 0 aromatic carbocycles. The van der Waals surface area contributed by atoms with E-state index in [1.807, 2.05) is 0 Å².